The fraction of sp³-hybridized carbons (Fsp3) is 0.909. The molecule has 98 valence electrons. The van der Waals surface area contributed by atoms with Crippen molar-refractivity contribution in [3.63, 3.8) is 0 Å². The van der Waals surface area contributed by atoms with E-state index in [1.807, 2.05) is 0 Å². The lowest BCUT2D eigenvalue weighted by atomic mass is 9.62. The molecule has 17 heavy (non-hydrogen) atoms. The highest BCUT2D eigenvalue weighted by atomic mass is 19.4. The quantitative estimate of drug-likeness (QED) is 0.723. The molecule has 1 saturated carbocycles. The predicted molar refractivity (Wildman–Crippen MR) is 54.3 cm³/mol. The lowest BCUT2D eigenvalue weighted by Crippen LogP contribution is -2.67. The summed E-state index contributed by atoms with van der Waals surface area (Å²) in [5.41, 5.74) is -0.297. The monoisotopic (exact) mass is 251 g/mol. The zero-order valence-electron chi connectivity index (χ0n) is 9.64. The van der Waals surface area contributed by atoms with Gasteiger partial charge in [-0.25, -0.2) is 0 Å². The Morgan fingerprint density at radius 1 is 1.35 bits per heavy atom. The van der Waals surface area contributed by atoms with Gasteiger partial charge in [0.15, 0.2) is 0 Å². The van der Waals surface area contributed by atoms with Crippen molar-refractivity contribution in [2.24, 2.45) is 11.3 Å². The van der Waals surface area contributed by atoms with Crippen LogP contribution in [0.5, 0.6) is 0 Å². The Hall–Kier alpha value is -0.780. The van der Waals surface area contributed by atoms with Crippen LogP contribution in [0, 0.1) is 11.3 Å². The standard InChI is InChI=1S/C11H16F3NO2/c1-17-9(16)8-10(6-15-8)4-2-7(3-5-10)11(12,13)14/h7-8,15H,2-6H2,1H3/t7?,8-,10?/m0/s1. The maximum Gasteiger partial charge on any atom is 0.391 e. The smallest absolute Gasteiger partial charge is 0.391 e. The lowest BCUT2D eigenvalue weighted by Gasteiger charge is -2.52. The average Bonchev–Trinajstić information content (AvgIpc) is 2.26. The molecular formula is C11H16F3NO2. The summed E-state index contributed by atoms with van der Waals surface area (Å²) < 4.78 is 42.2. The largest absolute Gasteiger partial charge is 0.468 e. The molecule has 6 heteroatoms. The van der Waals surface area contributed by atoms with E-state index in [9.17, 15) is 18.0 Å². The number of hydrogen-bond acceptors (Lipinski definition) is 3. The van der Waals surface area contributed by atoms with Gasteiger partial charge in [0.1, 0.15) is 6.04 Å². The molecule has 2 fully saturated rings. The van der Waals surface area contributed by atoms with Crippen LogP contribution in [-0.4, -0.2) is 31.8 Å². The summed E-state index contributed by atoms with van der Waals surface area (Å²) in [6.45, 7) is 0.622. The molecular weight excluding hydrogens is 235 g/mol. The van der Waals surface area contributed by atoms with E-state index in [-0.39, 0.29) is 24.2 Å². The number of rotatable bonds is 1. The summed E-state index contributed by atoms with van der Waals surface area (Å²) in [5, 5.41) is 2.95. The molecule has 1 heterocycles. The van der Waals surface area contributed by atoms with Gasteiger partial charge in [0.05, 0.1) is 13.0 Å². The van der Waals surface area contributed by atoms with E-state index in [2.05, 4.69) is 10.1 Å². The van der Waals surface area contributed by atoms with Gasteiger partial charge in [0.25, 0.3) is 0 Å². The third-order valence-electron chi connectivity index (χ3n) is 4.15. The number of esters is 1. The first kappa shape index (κ1) is 12.7. The van der Waals surface area contributed by atoms with Crippen molar-refractivity contribution in [1.82, 2.24) is 5.32 Å². The summed E-state index contributed by atoms with van der Waals surface area (Å²) >= 11 is 0. The maximum absolute atomic E-state index is 12.5. The van der Waals surface area contributed by atoms with Gasteiger partial charge in [0.2, 0.25) is 0 Å². The van der Waals surface area contributed by atoms with Crippen LogP contribution in [0.15, 0.2) is 0 Å². The Morgan fingerprint density at radius 3 is 2.29 bits per heavy atom. The van der Waals surface area contributed by atoms with Gasteiger partial charge in [-0.2, -0.15) is 13.2 Å². The molecule has 2 rings (SSSR count). The van der Waals surface area contributed by atoms with Crippen LogP contribution in [0.1, 0.15) is 25.7 Å². The number of halogens is 3. The Bertz CT molecular complexity index is 308. The molecule has 0 bridgehead atoms. The first-order valence-corrected chi connectivity index (χ1v) is 5.77. The highest BCUT2D eigenvalue weighted by Gasteiger charge is 2.55. The summed E-state index contributed by atoms with van der Waals surface area (Å²) in [6, 6.07) is -0.415. The van der Waals surface area contributed by atoms with Crippen molar-refractivity contribution in [2.45, 2.75) is 37.9 Å². The number of nitrogens with one attached hydrogen (secondary N) is 1. The van der Waals surface area contributed by atoms with Gasteiger partial charge >= 0.3 is 12.1 Å². The first-order valence-electron chi connectivity index (χ1n) is 5.77. The number of carbonyl (C=O) groups excluding carboxylic acids is 1. The van der Waals surface area contributed by atoms with Crippen molar-refractivity contribution >= 4 is 5.97 Å². The molecule has 1 aliphatic carbocycles. The zero-order valence-corrected chi connectivity index (χ0v) is 9.64. The molecule has 0 aromatic heterocycles. The fourth-order valence-electron chi connectivity index (χ4n) is 2.93. The Kier molecular flexibility index (Phi) is 3.10. The highest BCUT2D eigenvalue weighted by molar-refractivity contribution is 5.78. The molecule has 3 nitrogen and oxygen atoms in total. The summed E-state index contributed by atoms with van der Waals surface area (Å²) in [7, 11) is 1.30. The number of methoxy groups -OCH3 is 1. The SMILES string of the molecule is COC(=O)[C@@H]1NCC12CCC(C(F)(F)F)CC2. The number of ether oxygens (including phenoxy) is 1. The van der Waals surface area contributed by atoms with E-state index < -0.39 is 18.1 Å². The minimum absolute atomic E-state index is 0.124. The van der Waals surface area contributed by atoms with Crippen molar-refractivity contribution in [2.75, 3.05) is 13.7 Å². The minimum atomic E-state index is -4.10. The Morgan fingerprint density at radius 2 is 1.94 bits per heavy atom. The molecule has 2 aliphatic rings. The van der Waals surface area contributed by atoms with E-state index in [0.717, 1.165) is 0 Å². The molecule has 1 spiro atoms. The fourth-order valence-corrected chi connectivity index (χ4v) is 2.93. The summed E-state index contributed by atoms with van der Waals surface area (Å²) in [5.74, 6) is -1.56. The Labute approximate surface area is 97.7 Å². The minimum Gasteiger partial charge on any atom is -0.468 e. The van der Waals surface area contributed by atoms with Gasteiger partial charge in [0, 0.05) is 12.0 Å². The molecule has 0 radical (unpaired) electrons. The van der Waals surface area contributed by atoms with E-state index in [4.69, 9.17) is 0 Å². The van der Waals surface area contributed by atoms with E-state index in [1.54, 1.807) is 0 Å². The van der Waals surface area contributed by atoms with Gasteiger partial charge in [-0.1, -0.05) is 0 Å². The lowest BCUT2D eigenvalue weighted by molar-refractivity contribution is -0.193. The van der Waals surface area contributed by atoms with Gasteiger partial charge < -0.3 is 10.1 Å². The highest BCUT2D eigenvalue weighted by Crippen LogP contribution is 2.49. The third-order valence-corrected chi connectivity index (χ3v) is 4.15. The molecule has 1 saturated heterocycles. The van der Waals surface area contributed by atoms with Gasteiger partial charge in [-0.3, -0.25) is 4.79 Å². The second-order valence-electron chi connectivity index (χ2n) is 5.02. The topological polar surface area (TPSA) is 38.3 Å². The second kappa shape index (κ2) is 4.15. The average molecular weight is 251 g/mol. The first-order chi connectivity index (χ1) is 7.89. The van der Waals surface area contributed by atoms with Crippen LogP contribution >= 0.6 is 0 Å². The van der Waals surface area contributed by atoms with Crippen LogP contribution in [0.2, 0.25) is 0 Å². The van der Waals surface area contributed by atoms with Crippen molar-refractivity contribution in [3.8, 4) is 0 Å². The van der Waals surface area contributed by atoms with Crippen molar-refractivity contribution in [1.29, 1.82) is 0 Å². The summed E-state index contributed by atoms with van der Waals surface area (Å²) in [4.78, 5) is 11.4. The Balaban J connectivity index is 1.97. The van der Waals surface area contributed by atoms with Crippen LogP contribution < -0.4 is 5.32 Å². The number of hydrogen-bond donors (Lipinski definition) is 1. The predicted octanol–water partition coefficient (Wildman–Crippen LogP) is 1.87. The van der Waals surface area contributed by atoms with Crippen LogP contribution in [0.25, 0.3) is 0 Å². The third kappa shape index (κ3) is 2.14. The van der Waals surface area contributed by atoms with Crippen LogP contribution in [0.4, 0.5) is 13.2 Å². The zero-order chi connectivity index (χ0) is 12.7. The molecule has 0 amide bonds. The molecule has 0 unspecified atom stereocenters. The van der Waals surface area contributed by atoms with Crippen LogP contribution in [-0.2, 0) is 9.53 Å². The van der Waals surface area contributed by atoms with Gasteiger partial charge in [-0.05, 0) is 25.7 Å². The number of carbonyl (C=O) groups is 1. The molecule has 1 aliphatic heterocycles. The number of alkyl halides is 3. The summed E-state index contributed by atoms with van der Waals surface area (Å²) in [6.07, 6.45) is -2.95. The van der Waals surface area contributed by atoms with E-state index in [1.165, 1.54) is 7.11 Å². The maximum atomic E-state index is 12.5. The van der Waals surface area contributed by atoms with Crippen LogP contribution in [0.3, 0.4) is 0 Å². The molecule has 0 aromatic rings. The van der Waals surface area contributed by atoms with Crippen molar-refractivity contribution < 1.29 is 22.7 Å². The normalized spacial score (nSPS) is 37.6. The molecule has 0 aromatic carbocycles. The van der Waals surface area contributed by atoms with Crippen molar-refractivity contribution in [3.05, 3.63) is 0 Å². The second-order valence-corrected chi connectivity index (χ2v) is 5.02. The van der Waals surface area contributed by atoms with E-state index in [0.29, 0.717) is 19.4 Å². The van der Waals surface area contributed by atoms with Gasteiger partial charge in [-0.15, -0.1) is 0 Å². The molecule has 1 atom stereocenters. The van der Waals surface area contributed by atoms with E-state index >= 15 is 0 Å². The molecule has 1 N–H and O–H groups in total.